The van der Waals surface area contributed by atoms with Crippen LogP contribution in [0.4, 0.5) is 0 Å². The van der Waals surface area contributed by atoms with Crippen LogP contribution < -0.4 is 10.6 Å². The van der Waals surface area contributed by atoms with Crippen molar-refractivity contribution in [2.24, 2.45) is 35.5 Å². The standard InChI is InChI=1S/C22H40N2/c1-15-9-17(3)21(18(4)10-15)13-23-7-8-24-14-22-19(5)11-16(2)12-20(22)6/h9,11,17-24H,7-8,10,12-14H2,1-6H3/t17-,18-,19+,20+,21-,22-/m0/s1. The summed E-state index contributed by atoms with van der Waals surface area (Å²) < 4.78 is 0. The molecule has 0 bridgehead atoms. The van der Waals surface area contributed by atoms with Gasteiger partial charge in [0.2, 0.25) is 0 Å². The Balaban J connectivity index is 1.62. The van der Waals surface area contributed by atoms with Crippen LogP contribution in [0, 0.1) is 35.5 Å². The average molecular weight is 333 g/mol. The Hall–Kier alpha value is -0.600. The molecule has 2 heteroatoms. The predicted molar refractivity (Wildman–Crippen MR) is 106 cm³/mol. The van der Waals surface area contributed by atoms with Crippen LogP contribution in [0.2, 0.25) is 0 Å². The Morgan fingerprint density at radius 3 is 1.46 bits per heavy atom. The molecule has 0 saturated carbocycles. The van der Waals surface area contributed by atoms with Gasteiger partial charge in [-0.2, -0.15) is 0 Å². The van der Waals surface area contributed by atoms with E-state index in [2.05, 4.69) is 64.3 Å². The summed E-state index contributed by atoms with van der Waals surface area (Å²) in [6.07, 6.45) is 7.51. The summed E-state index contributed by atoms with van der Waals surface area (Å²) in [5.74, 6) is 4.63. The summed E-state index contributed by atoms with van der Waals surface area (Å²) in [4.78, 5) is 0. The molecule has 0 aliphatic heterocycles. The van der Waals surface area contributed by atoms with E-state index in [-0.39, 0.29) is 0 Å². The summed E-state index contributed by atoms with van der Waals surface area (Å²) in [5, 5.41) is 7.39. The van der Waals surface area contributed by atoms with Gasteiger partial charge >= 0.3 is 0 Å². The minimum absolute atomic E-state index is 0.716. The molecule has 0 radical (unpaired) electrons. The Morgan fingerprint density at radius 2 is 1.12 bits per heavy atom. The molecule has 0 aromatic heterocycles. The lowest BCUT2D eigenvalue weighted by atomic mass is 9.75. The summed E-state index contributed by atoms with van der Waals surface area (Å²) in [6.45, 7) is 18.6. The first-order chi connectivity index (χ1) is 11.4. The third kappa shape index (κ3) is 5.46. The highest BCUT2D eigenvalue weighted by Gasteiger charge is 2.27. The van der Waals surface area contributed by atoms with E-state index >= 15 is 0 Å². The normalized spacial score (nSPS) is 37.1. The zero-order chi connectivity index (χ0) is 17.7. The van der Waals surface area contributed by atoms with Crippen molar-refractivity contribution in [2.75, 3.05) is 26.2 Å². The van der Waals surface area contributed by atoms with E-state index in [4.69, 9.17) is 0 Å². The van der Waals surface area contributed by atoms with Crippen molar-refractivity contribution in [1.82, 2.24) is 10.6 Å². The molecule has 0 heterocycles. The van der Waals surface area contributed by atoms with Gasteiger partial charge in [0, 0.05) is 13.1 Å². The largest absolute Gasteiger partial charge is 0.315 e. The molecule has 0 aromatic carbocycles. The zero-order valence-electron chi connectivity index (χ0n) is 16.9. The molecule has 0 fully saturated rings. The maximum absolute atomic E-state index is 3.69. The van der Waals surface area contributed by atoms with E-state index in [0.717, 1.165) is 49.9 Å². The molecule has 0 spiro atoms. The molecule has 2 N–H and O–H groups in total. The molecule has 2 nitrogen and oxygen atoms in total. The van der Waals surface area contributed by atoms with Gasteiger partial charge in [-0.05, 0) is 75.3 Å². The molecule has 0 amide bonds. The van der Waals surface area contributed by atoms with Gasteiger partial charge in [0.15, 0.2) is 0 Å². The molecular weight excluding hydrogens is 292 g/mol. The first-order valence-corrected chi connectivity index (χ1v) is 10.1. The highest BCUT2D eigenvalue weighted by atomic mass is 14.9. The third-order valence-electron chi connectivity index (χ3n) is 6.43. The Bertz CT molecular complexity index is 409. The smallest absolute Gasteiger partial charge is 0.00768 e. The number of nitrogens with one attached hydrogen (secondary N) is 2. The topological polar surface area (TPSA) is 24.1 Å². The third-order valence-corrected chi connectivity index (χ3v) is 6.43. The second-order valence-electron chi connectivity index (χ2n) is 8.84. The van der Waals surface area contributed by atoms with Crippen molar-refractivity contribution in [3.63, 3.8) is 0 Å². The highest BCUT2D eigenvalue weighted by Crippen LogP contribution is 2.33. The molecule has 0 saturated heterocycles. The molecule has 138 valence electrons. The van der Waals surface area contributed by atoms with Crippen molar-refractivity contribution in [3.05, 3.63) is 23.3 Å². The van der Waals surface area contributed by atoms with Crippen LogP contribution in [0.15, 0.2) is 23.3 Å². The van der Waals surface area contributed by atoms with Crippen molar-refractivity contribution in [3.8, 4) is 0 Å². The lowest BCUT2D eigenvalue weighted by Crippen LogP contribution is -2.39. The monoisotopic (exact) mass is 332 g/mol. The fourth-order valence-corrected chi connectivity index (χ4v) is 5.12. The van der Waals surface area contributed by atoms with Crippen molar-refractivity contribution < 1.29 is 0 Å². The fourth-order valence-electron chi connectivity index (χ4n) is 5.12. The van der Waals surface area contributed by atoms with Crippen molar-refractivity contribution in [1.29, 1.82) is 0 Å². The van der Waals surface area contributed by atoms with Gasteiger partial charge in [-0.25, -0.2) is 0 Å². The van der Waals surface area contributed by atoms with Gasteiger partial charge < -0.3 is 10.6 Å². The molecule has 0 aromatic rings. The van der Waals surface area contributed by atoms with Crippen LogP contribution in [-0.4, -0.2) is 26.2 Å². The second kappa shape index (κ2) is 9.20. The van der Waals surface area contributed by atoms with Crippen LogP contribution in [0.5, 0.6) is 0 Å². The predicted octanol–water partition coefficient (Wildman–Crippen LogP) is 4.64. The number of allylic oxidation sites excluding steroid dienone is 4. The van der Waals surface area contributed by atoms with Crippen LogP contribution in [-0.2, 0) is 0 Å². The molecule has 2 aliphatic carbocycles. The van der Waals surface area contributed by atoms with Gasteiger partial charge in [0.25, 0.3) is 0 Å². The SMILES string of the molecule is CC1=C[C@@H](C)[C@H](CNCCNC[C@H]2[C@@H](C)C=C(C)C[C@@H]2C)[C@H](C)C1. The average Bonchev–Trinajstić information content (AvgIpc) is 2.46. The van der Waals surface area contributed by atoms with E-state index < -0.39 is 0 Å². The van der Waals surface area contributed by atoms with Crippen molar-refractivity contribution in [2.45, 2.75) is 54.4 Å². The number of hydrogen-bond acceptors (Lipinski definition) is 2. The van der Waals surface area contributed by atoms with Crippen LogP contribution in [0.25, 0.3) is 0 Å². The molecule has 2 aliphatic rings. The summed E-state index contributed by atoms with van der Waals surface area (Å²) in [7, 11) is 0. The van der Waals surface area contributed by atoms with Crippen molar-refractivity contribution >= 4 is 0 Å². The number of hydrogen-bond donors (Lipinski definition) is 2. The molecule has 6 atom stereocenters. The first kappa shape index (κ1) is 19.7. The van der Waals surface area contributed by atoms with Crippen LogP contribution >= 0.6 is 0 Å². The van der Waals surface area contributed by atoms with Gasteiger partial charge in [-0.3, -0.25) is 0 Å². The minimum Gasteiger partial charge on any atom is -0.315 e. The minimum atomic E-state index is 0.716. The second-order valence-corrected chi connectivity index (χ2v) is 8.84. The summed E-state index contributed by atoms with van der Waals surface area (Å²) in [6, 6.07) is 0. The van der Waals surface area contributed by atoms with Gasteiger partial charge in [0.05, 0.1) is 0 Å². The van der Waals surface area contributed by atoms with Gasteiger partial charge in [0.1, 0.15) is 0 Å². The molecule has 2 rings (SSSR count). The Morgan fingerprint density at radius 1 is 0.750 bits per heavy atom. The van der Waals surface area contributed by atoms with Gasteiger partial charge in [-0.15, -0.1) is 0 Å². The molecule has 24 heavy (non-hydrogen) atoms. The van der Waals surface area contributed by atoms with E-state index in [1.165, 1.54) is 12.8 Å². The highest BCUT2D eigenvalue weighted by molar-refractivity contribution is 5.09. The quantitative estimate of drug-likeness (QED) is 0.524. The lowest BCUT2D eigenvalue weighted by molar-refractivity contribution is 0.253. The van der Waals surface area contributed by atoms with E-state index in [9.17, 15) is 0 Å². The Kier molecular flexibility index (Phi) is 7.56. The number of rotatable bonds is 7. The maximum atomic E-state index is 3.69. The summed E-state index contributed by atoms with van der Waals surface area (Å²) >= 11 is 0. The van der Waals surface area contributed by atoms with Crippen LogP contribution in [0.1, 0.15) is 54.4 Å². The van der Waals surface area contributed by atoms with E-state index in [0.29, 0.717) is 11.8 Å². The summed E-state index contributed by atoms with van der Waals surface area (Å²) in [5.41, 5.74) is 3.15. The van der Waals surface area contributed by atoms with Crippen LogP contribution in [0.3, 0.4) is 0 Å². The van der Waals surface area contributed by atoms with E-state index in [1.54, 1.807) is 11.1 Å². The van der Waals surface area contributed by atoms with Gasteiger partial charge in [-0.1, -0.05) is 51.0 Å². The molecule has 0 unspecified atom stereocenters. The van der Waals surface area contributed by atoms with E-state index in [1.807, 2.05) is 0 Å². The lowest BCUT2D eigenvalue weighted by Gasteiger charge is -2.34. The first-order valence-electron chi connectivity index (χ1n) is 10.1. The maximum Gasteiger partial charge on any atom is 0.00768 e. The molecular formula is C22H40N2. The fraction of sp³-hybridized carbons (Fsp3) is 0.818. The zero-order valence-corrected chi connectivity index (χ0v) is 16.9. The Labute approximate surface area is 150 Å².